The Morgan fingerprint density at radius 3 is 2.59 bits per heavy atom. The fourth-order valence-electron chi connectivity index (χ4n) is 1.48. The zero-order valence-corrected chi connectivity index (χ0v) is 9.30. The third kappa shape index (κ3) is 2.85. The number of alkyl halides is 3. The van der Waals surface area contributed by atoms with Crippen LogP contribution in [0.2, 0.25) is 0 Å². The van der Waals surface area contributed by atoms with Crippen LogP contribution in [0.4, 0.5) is 19.0 Å². The van der Waals surface area contributed by atoms with Crippen LogP contribution < -0.4 is 10.6 Å². The maximum Gasteiger partial charge on any atom is 0.451 e. The summed E-state index contributed by atoms with van der Waals surface area (Å²) >= 11 is 0. The second kappa shape index (κ2) is 4.48. The molecular formula is C10H13F3N4. The molecule has 2 N–H and O–H groups in total. The molecule has 1 fully saturated rings. The monoisotopic (exact) mass is 246 g/mol. The first-order valence-electron chi connectivity index (χ1n) is 5.41. The summed E-state index contributed by atoms with van der Waals surface area (Å²) in [5, 5.41) is 5.98. The maximum absolute atomic E-state index is 12.6. The van der Waals surface area contributed by atoms with Crippen LogP contribution in [0, 0.1) is 0 Å². The van der Waals surface area contributed by atoms with Gasteiger partial charge in [0.05, 0.1) is 6.04 Å². The van der Waals surface area contributed by atoms with Gasteiger partial charge in [0.2, 0.25) is 5.82 Å². The molecule has 94 valence electrons. The van der Waals surface area contributed by atoms with Crippen molar-refractivity contribution in [3.05, 3.63) is 17.6 Å². The van der Waals surface area contributed by atoms with E-state index in [1.54, 1.807) is 13.0 Å². The van der Waals surface area contributed by atoms with Crippen molar-refractivity contribution >= 4 is 5.82 Å². The van der Waals surface area contributed by atoms with Crippen molar-refractivity contribution in [3.63, 3.8) is 0 Å². The Labute approximate surface area is 96.7 Å². The molecule has 4 nitrogen and oxygen atoms in total. The molecule has 0 spiro atoms. The first-order valence-corrected chi connectivity index (χ1v) is 5.41. The Morgan fingerprint density at radius 2 is 2.12 bits per heavy atom. The molecule has 0 saturated carbocycles. The fourth-order valence-corrected chi connectivity index (χ4v) is 1.48. The number of anilines is 1. The van der Waals surface area contributed by atoms with Gasteiger partial charge in [-0.05, 0) is 6.42 Å². The summed E-state index contributed by atoms with van der Waals surface area (Å²) in [6, 6.07) is 1.71. The van der Waals surface area contributed by atoms with Crippen LogP contribution in [0.25, 0.3) is 0 Å². The molecular weight excluding hydrogens is 233 g/mol. The SMILES string of the molecule is CCc1cc(NC2CNC2)nc(C(F)(F)F)n1. The number of hydrogen-bond acceptors (Lipinski definition) is 4. The number of rotatable bonds is 3. The molecule has 7 heteroatoms. The molecule has 0 aromatic carbocycles. The molecule has 1 aromatic heterocycles. The quantitative estimate of drug-likeness (QED) is 0.847. The average molecular weight is 246 g/mol. The van der Waals surface area contributed by atoms with E-state index < -0.39 is 12.0 Å². The van der Waals surface area contributed by atoms with E-state index in [0.717, 1.165) is 13.1 Å². The van der Waals surface area contributed by atoms with Crippen molar-refractivity contribution in [2.24, 2.45) is 0 Å². The Balaban J connectivity index is 2.24. The van der Waals surface area contributed by atoms with Gasteiger partial charge in [-0.3, -0.25) is 0 Å². The van der Waals surface area contributed by atoms with Crippen molar-refractivity contribution < 1.29 is 13.2 Å². The van der Waals surface area contributed by atoms with E-state index in [2.05, 4.69) is 20.6 Å². The summed E-state index contributed by atoms with van der Waals surface area (Å²) in [4.78, 5) is 6.98. The van der Waals surface area contributed by atoms with Crippen LogP contribution in [0.1, 0.15) is 18.4 Å². The average Bonchev–Trinajstić information content (AvgIpc) is 2.22. The predicted molar refractivity (Wildman–Crippen MR) is 56.7 cm³/mol. The highest BCUT2D eigenvalue weighted by molar-refractivity contribution is 5.38. The molecule has 0 amide bonds. The molecule has 2 rings (SSSR count). The van der Waals surface area contributed by atoms with Gasteiger partial charge in [-0.15, -0.1) is 0 Å². The Bertz CT molecular complexity index is 401. The summed E-state index contributed by atoms with van der Waals surface area (Å²) < 4.78 is 37.7. The van der Waals surface area contributed by atoms with Gasteiger partial charge in [0, 0.05) is 24.8 Å². The number of aryl methyl sites for hydroxylation is 1. The minimum Gasteiger partial charge on any atom is -0.365 e. The molecule has 17 heavy (non-hydrogen) atoms. The van der Waals surface area contributed by atoms with Crippen LogP contribution in [-0.4, -0.2) is 29.1 Å². The summed E-state index contributed by atoms with van der Waals surface area (Å²) in [5.41, 5.74) is 0.391. The van der Waals surface area contributed by atoms with Crippen molar-refractivity contribution in [2.75, 3.05) is 18.4 Å². The summed E-state index contributed by atoms with van der Waals surface area (Å²) in [6.45, 7) is 3.25. The van der Waals surface area contributed by atoms with E-state index in [1.165, 1.54) is 0 Å². The van der Waals surface area contributed by atoms with Gasteiger partial charge in [-0.1, -0.05) is 6.92 Å². The molecule has 0 unspecified atom stereocenters. The van der Waals surface area contributed by atoms with Crippen molar-refractivity contribution in [1.29, 1.82) is 0 Å². The van der Waals surface area contributed by atoms with Crippen LogP contribution in [0.3, 0.4) is 0 Å². The van der Waals surface area contributed by atoms with Crippen molar-refractivity contribution in [1.82, 2.24) is 15.3 Å². The molecule has 1 aliphatic heterocycles. The van der Waals surface area contributed by atoms with E-state index in [0.29, 0.717) is 12.1 Å². The van der Waals surface area contributed by atoms with E-state index in [9.17, 15) is 13.2 Å². The van der Waals surface area contributed by atoms with Crippen LogP contribution >= 0.6 is 0 Å². The Kier molecular flexibility index (Phi) is 3.19. The molecule has 2 heterocycles. The molecule has 0 radical (unpaired) electrons. The Morgan fingerprint density at radius 1 is 1.41 bits per heavy atom. The third-order valence-corrected chi connectivity index (χ3v) is 2.53. The molecule has 0 aliphatic carbocycles. The van der Waals surface area contributed by atoms with E-state index in [4.69, 9.17) is 0 Å². The second-order valence-electron chi connectivity index (χ2n) is 3.92. The number of nitrogens with zero attached hydrogens (tertiary/aromatic N) is 2. The lowest BCUT2D eigenvalue weighted by Gasteiger charge is -2.28. The van der Waals surface area contributed by atoms with Crippen LogP contribution in [-0.2, 0) is 12.6 Å². The molecule has 1 saturated heterocycles. The zero-order chi connectivity index (χ0) is 12.5. The minimum atomic E-state index is -4.50. The number of halogens is 3. The van der Waals surface area contributed by atoms with Gasteiger partial charge in [0.1, 0.15) is 5.82 Å². The first kappa shape index (κ1) is 12.1. The smallest absolute Gasteiger partial charge is 0.365 e. The van der Waals surface area contributed by atoms with Gasteiger partial charge in [-0.25, -0.2) is 9.97 Å². The molecule has 0 atom stereocenters. The van der Waals surface area contributed by atoms with Crippen LogP contribution in [0.15, 0.2) is 6.07 Å². The van der Waals surface area contributed by atoms with E-state index in [1.807, 2.05) is 0 Å². The first-order chi connectivity index (χ1) is 7.99. The van der Waals surface area contributed by atoms with Gasteiger partial charge in [0.15, 0.2) is 0 Å². The summed E-state index contributed by atoms with van der Waals surface area (Å²) in [5.74, 6) is -0.831. The minimum absolute atomic E-state index is 0.149. The lowest BCUT2D eigenvalue weighted by molar-refractivity contribution is -0.145. The fraction of sp³-hybridized carbons (Fsp3) is 0.600. The van der Waals surface area contributed by atoms with Gasteiger partial charge >= 0.3 is 6.18 Å². The van der Waals surface area contributed by atoms with Gasteiger partial charge in [-0.2, -0.15) is 13.2 Å². The van der Waals surface area contributed by atoms with Crippen LogP contribution in [0.5, 0.6) is 0 Å². The van der Waals surface area contributed by atoms with Crippen molar-refractivity contribution in [3.8, 4) is 0 Å². The van der Waals surface area contributed by atoms with E-state index >= 15 is 0 Å². The topological polar surface area (TPSA) is 49.8 Å². The normalized spacial score (nSPS) is 16.7. The third-order valence-electron chi connectivity index (χ3n) is 2.53. The maximum atomic E-state index is 12.6. The largest absolute Gasteiger partial charge is 0.451 e. The molecule has 1 aliphatic rings. The zero-order valence-electron chi connectivity index (χ0n) is 9.30. The van der Waals surface area contributed by atoms with E-state index in [-0.39, 0.29) is 11.9 Å². The lowest BCUT2D eigenvalue weighted by atomic mass is 10.2. The second-order valence-corrected chi connectivity index (χ2v) is 3.92. The standard InChI is InChI=1S/C10H13F3N4/c1-2-6-3-8(15-7-4-14-5-7)17-9(16-6)10(11,12)13/h3,7,14H,2,4-5H2,1H3,(H,15,16,17). The molecule has 1 aromatic rings. The predicted octanol–water partition coefficient (Wildman–Crippen LogP) is 1.44. The Hall–Kier alpha value is -1.37. The summed E-state index contributed by atoms with van der Waals surface area (Å²) in [7, 11) is 0. The van der Waals surface area contributed by atoms with Crippen molar-refractivity contribution in [2.45, 2.75) is 25.6 Å². The highest BCUT2D eigenvalue weighted by atomic mass is 19.4. The lowest BCUT2D eigenvalue weighted by Crippen LogP contribution is -2.51. The van der Waals surface area contributed by atoms with Gasteiger partial charge < -0.3 is 10.6 Å². The van der Waals surface area contributed by atoms with Gasteiger partial charge in [0.25, 0.3) is 0 Å². The number of nitrogens with one attached hydrogen (secondary N) is 2. The number of hydrogen-bond donors (Lipinski definition) is 2. The summed E-state index contributed by atoms with van der Waals surface area (Å²) in [6.07, 6.45) is -4.05. The highest BCUT2D eigenvalue weighted by Crippen LogP contribution is 2.27. The highest BCUT2D eigenvalue weighted by Gasteiger charge is 2.35. The number of aromatic nitrogens is 2. The molecule has 0 bridgehead atoms.